The van der Waals surface area contributed by atoms with Crippen LogP contribution in [0, 0.1) is 0 Å². The SMILES string of the molecule is c1ccc(N2c3cccc4c3B3c5c(cc(-c6cc7c8c(c6)Oc6cc(-n9c%10ccccc%10c%10ccccc%109)cc9c6B8c6c(cccc6N9c6ccccc6)O7)cc5Oc5cc(-n6c7ccccc7c7ccccc76)cc2c53)O4)cc1. The number of ether oxygens (including phenoxy) is 4. The van der Waals surface area contributed by atoms with Crippen molar-refractivity contribution in [3.8, 4) is 68.5 Å². The van der Waals surface area contributed by atoms with Crippen LogP contribution >= 0.6 is 0 Å². The fourth-order valence-corrected chi connectivity index (χ4v) is 14.9. The van der Waals surface area contributed by atoms with E-state index in [9.17, 15) is 0 Å². The van der Waals surface area contributed by atoms with Crippen molar-refractivity contribution in [2.75, 3.05) is 9.80 Å². The van der Waals surface area contributed by atoms with Gasteiger partial charge >= 0.3 is 0 Å². The first-order valence-electron chi connectivity index (χ1n) is 28.0. The van der Waals surface area contributed by atoms with E-state index in [4.69, 9.17) is 18.9 Å². The Morgan fingerprint density at radius 2 is 0.549 bits per heavy atom. The Labute approximate surface area is 470 Å². The van der Waals surface area contributed by atoms with E-state index in [-0.39, 0.29) is 13.4 Å². The minimum atomic E-state index is -0.150. The Morgan fingerprint density at radius 3 is 0.927 bits per heavy atom. The van der Waals surface area contributed by atoms with Gasteiger partial charge in [0.2, 0.25) is 0 Å². The Kier molecular flexibility index (Phi) is 8.15. The van der Waals surface area contributed by atoms with E-state index < -0.39 is 0 Å². The quantitative estimate of drug-likeness (QED) is 0.160. The molecular weight excluding hydrogens is 1010 g/mol. The van der Waals surface area contributed by atoms with Crippen LogP contribution in [0.2, 0.25) is 0 Å². The molecule has 2 aromatic heterocycles. The van der Waals surface area contributed by atoms with Gasteiger partial charge in [-0.05, 0) is 142 Å². The second-order valence-electron chi connectivity index (χ2n) is 22.3. The van der Waals surface area contributed by atoms with Gasteiger partial charge in [0.25, 0.3) is 13.4 Å². The molecule has 12 aromatic carbocycles. The number of benzene rings is 12. The molecule has 378 valence electrons. The summed E-state index contributed by atoms with van der Waals surface area (Å²) in [6.07, 6.45) is 0. The van der Waals surface area contributed by atoms with Crippen molar-refractivity contribution < 1.29 is 18.9 Å². The fraction of sp³-hybridized carbons (Fsp3) is 0. The summed E-state index contributed by atoms with van der Waals surface area (Å²) in [5.74, 6) is 6.32. The molecule has 0 atom stereocenters. The van der Waals surface area contributed by atoms with Gasteiger partial charge in [0.1, 0.15) is 46.0 Å². The van der Waals surface area contributed by atoms with Gasteiger partial charge in [-0.1, -0.05) is 121 Å². The molecule has 8 heterocycles. The van der Waals surface area contributed by atoms with Crippen LogP contribution in [-0.4, -0.2) is 22.6 Å². The summed E-state index contributed by atoms with van der Waals surface area (Å²) < 4.78 is 34.0. The number of hydrogen-bond donors (Lipinski definition) is 0. The molecule has 10 heteroatoms. The van der Waals surface area contributed by atoms with Crippen molar-refractivity contribution in [3.63, 3.8) is 0 Å². The lowest BCUT2D eigenvalue weighted by atomic mass is 9.33. The third-order valence-corrected chi connectivity index (χ3v) is 18.1. The average Bonchev–Trinajstić information content (AvgIpc) is 1.24. The molecule has 0 spiro atoms. The van der Waals surface area contributed by atoms with Crippen molar-refractivity contribution >= 4 is 124 Å². The molecule has 0 unspecified atom stereocenters. The number of aromatic nitrogens is 2. The highest BCUT2D eigenvalue weighted by molar-refractivity contribution is 7.01. The van der Waals surface area contributed by atoms with Crippen LogP contribution in [-0.2, 0) is 0 Å². The normalized spacial score (nSPS) is 13.9. The highest BCUT2D eigenvalue weighted by Gasteiger charge is 2.50. The molecule has 20 rings (SSSR count). The molecule has 0 N–H and O–H groups in total. The molecule has 8 nitrogen and oxygen atoms in total. The van der Waals surface area contributed by atoms with E-state index in [0.717, 1.165) is 157 Å². The number of hydrogen-bond acceptors (Lipinski definition) is 6. The maximum absolute atomic E-state index is 7.44. The van der Waals surface area contributed by atoms with Crippen LogP contribution in [0.3, 0.4) is 0 Å². The van der Waals surface area contributed by atoms with Crippen molar-refractivity contribution in [3.05, 3.63) is 243 Å². The van der Waals surface area contributed by atoms with Crippen molar-refractivity contribution in [1.82, 2.24) is 9.13 Å². The number of nitrogens with zero attached hydrogens (tertiary/aromatic N) is 4. The van der Waals surface area contributed by atoms with Crippen molar-refractivity contribution in [1.29, 1.82) is 0 Å². The molecule has 14 aromatic rings. The van der Waals surface area contributed by atoms with Gasteiger partial charge < -0.3 is 37.9 Å². The fourth-order valence-electron chi connectivity index (χ4n) is 14.9. The lowest BCUT2D eigenvalue weighted by Crippen LogP contribution is -2.61. The topological polar surface area (TPSA) is 53.3 Å². The second-order valence-corrected chi connectivity index (χ2v) is 22.3. The lowest BCUT2D eigenvalue weighted by molar-refractivity contribution is 0.462. The summed E-state index contributed by atoms with van der Waals surface area (Å²) in [5, 5.41) is 4.82. The molecule has 0 aliphatic carbocycles. The summed E-state index contributed by atoms with van der Waals surface area (Å²) in [6, 6.07) is 87.0. The van der Waals surface area contributed by atoms with Gasteiger partial charge in [-0.15, -0.1) is 0 Å². The van der Waals surface area contributed by atoms with Gasteiger partial charge in [0, 0.05) is 78.7 Å². The van der Waals surface area contributed by atoms with Crippen molar-refractivity contribution in [2.24, 2.45) is 0 Å². The monoisotopic (exact) mass is 1050 g/mol. The minimum Gasteiger partial charge on any atom is -0.458 e. The average molecular weight is 1050 g/mol. The highest BCUT2D eigenvalue weighted by atomic mass is 16.5. The summed E-state index contributed by atoms with van der Waals surface area (Å²) in [7, 11) is 0. The molecule has 0 radical (unpaired) electrons. The first kappa shape index (κ1) is 43.1. The number of rotatable bonds is 5. The van der Waals surface area contributed by atoms with Crippen LogP contribution in [0.5, 0.6) is 46.0 Å². The molecule has 0 amide bonds. The number of anilines is 6. The molecule has 0 bridgehead atoms. The minimum absolute atomic E-state index is 0.150. The smallest absolute Gasteiger partial charge is 0.266 e. The maximum atomic E-state index is 7.44. The van der Waals surface area contributed by atoms with Crippen LogP contribution in [0.15, 0.2) is 243 Å². The van der Waals surface area contributed by atoms with E-state index in [1.165, 1.54) is 21.5 Å². The number of fused-ring (bicyclic) bond motifs is 6. The highest BCUT2D eigenvalue weighted by Crippen LogP contribution is 2.51. The van der Waals surface area contributed by atoms with Crippen LogP contribution < -0.4 is 61.5 Å². The molecule has 6 aliphatic rings. The van der Waals surface area contributed by atoms with Gasteiger partial charge in [-0.3, -0.25) is 0 Å². The first-order chi connectivity index (χ1) is 40.7. The molecule has 82 heavy (non-hydrogen) atoms. The molecular formula is C72H40B2N4O4. The van der Waals surface area contributed by atoms with Crippen LogP contribution in [0.25, 0.3) is 66.1 Å². The molecule has 6 aliphatic heterocycles. The Hall–Kier alpha value is -10.8. The summed E-state index contributed by atoms with van der Waals surface area (Å²) in [5.41, 5.74) is 21.4. The van der Waals surface area contributed by atoms with E-state index >= 15 is 0 Å². The zero-order chi connectivity index (χ0) is 53.1. The van der Waals surface area contributed by atoms with Crippen LogP contribution in [0.1, 0.15) is 0 Å². The lowest BCUT2D eigenvalue weighted by Gasteiger charge is -2.43. The molecule has 0 fully saturated rings. The van der Waals surface area contributed by atoms with Gasteiger partial charge in [-0.25, -0.2) is 0 Å². The van der Waals surface area contributed by atoms with Gasteiger partial charge in [0.15, 0.2) is 0 Å². The summed E-state index contributed by atoms with van der Waals surface area (Å²) in [6.45, 7) is -0.300. The summed E-state index contributed by atoms with van der Waals surface area (Å²) >= 11 is 0. The zero-order valence-corrected chi connectivity index (χ0v) is 43.7. The molecule has 0 saturated carbocycles. The zero-order valence-electron chi connectivity index (χ0n) is 43.7. The summed E-state index contributed by atoms with van der Waals surface area (Å²) in [4.78, 5) is 4.78. The maximum Gasteiger partial charge on any atom is 0.266 e. The van der Waals surface area contributed by atoms with E-state index in [1.54, 1.807) is 0 Å². The van der Waals surface area contributed by atoms with Gasteiger partial charge in [-0.2, -0.15) is 0 Å². The third kappa shape index (κ3) is 5.53. The third-order valence-electron chi connectivity index (χ3n) is 18.1. The molecule has 0 saturated heterocycles. The standard InChI is InChI=1S/C72H40B2N4O4/c1-3-17-43(18-4-1)75-55-29-15-31-59-67(55)73-69-57(75)37-45(77-51-25-11-7-21-47(51)48-22-8-12-26-52(48)77)39-65(69)81-63-35-41(33-61(79-59)71(63)73)42-34-62-72-64(36-42)82-66-40-46(78-53-27-13-9-23-49(53)50-24-10-14-28-54(50)78)38-58-70(66)74(72)68-56(30-16-32-60(68)80-62)76(58)44-19-5-2-6-20-44/h1-40H. The van der Waals surface area contributed by atoms with Crippen molar-refractivity contribution in [2.45, 2.75) is 0 Å². The Bertz CT molecular complexity index is 4800. The van der Waals surface area contributed by atoms with Crippen LogP contribution in [0.4, 0.5) is 34.1 Å². The predicted molar refractivity (Wildman–Crippen MR) is 332 cm³/mol. The predicted octanol–water partition coefficient (Wildman–Crippen LogP) is 14.6. The Morgan fingerprint density at radius 1 is 0.232 bits per heavy atom. The Balaban J connectivity index is 0.794. The van der Waals surface area contributed by atoms with E-state index in [0.29, 0.717) is 0 Å². The second kappa shape index (κ2) is 15.5. The first-order valence-corrected chi connectivity index (χ1v) is 28.0. The largest absolute Gasteiger partial charge is 0.458 e. The van der Waals surface area contributed by atoms with Gasteiger partial charge in [0.05, 0.1) is 33.4 Å². The van der Waals surface area contributed by atoms with E-state index in [1.807, 2.05) is 0 Å². The number of para-hydroxylation sites is 6. The van der Waals surface area contributed by atoms with E-state index in [2.05, 4.69) is 262 Å².